The van der Waals surface area contributed by atoms with E-state index < -0.39 is 0 Å². The summed E-state index contributed by atoms with van der Waals surface area (Å²) in [5.41, 5.74) is 3.28. The summed E-state index contributed by atoms with van der Waals surface area (Å²) in [5, 5.41) is 0. The molecule has 1 saturated heterocycles. The van der Waals surface area contributed by atoms with Crippen molar-refractivity contribution in [3.63, 3.8) is 0 Å². The Balaban J connectivity index is 1.66. The highest BCUT2D eigenvalue weighted by Crippen LogP contribution is 2.18. The zero-order valence-electron chi connectivity index (χ0n) is 13.4. The molecular weight excluding hydrogens is 274 g/mol. The van der Waals surface area contributed by atoms with E-state index in [1.54, 1.807) is 0 Å². The van der Waals surface area contributed by atoms with Gasteiger partial charge in [-0.25, -0.2) is 4.98 Å². The molecule has 3 heterocycles. The van der Waals surface area contributed by atoms with Gasteiger partial charge in [0.1, 0.15) is 5.82 Å². The first kappa shape index (κ1) is 14.9. The van der Waals surface area contributed by atoms with Crippen LogP contribution in [-0.2, 0) is 6.54 Å². The Morgan fingerprint density at radius 1 is 1.09 bits per heavy atom. The number of aryl methyl sites for hydroxylation is 2. The van der Waals surface area contributed by atoms with Crippen molar-refractivity contribution >= 4 is 5.82 Å². The van der Waals surface area contributed by atoms with Crippen molar-refractivity contribution in [2.45, 2.75) is 26.8 Å². The molecule has 116 valence electrons. The maximum Gasteiger partial charge on any atom is 0.150 e. The van der Waals surface area contributed by atoms with E-state index in [9.17, 15) is 0 Å². The van der Waals surface area contributed by atoms with Gasteiger partial charge in [-0.05, 0) is 31.9 Å². The Bertz CT molecular complexity index is 614. The van der Waals surface area contributed by atoms with Crippen LogP contribution in [-0.4, -0.2) is 46.0 Å². The molecule has 0 aromatic carbocycles. The van der Waals surface area contributed by atoms with E-state index in [2.05, 4.69) is 30.8 Å². The molecule has 0 radical (unpaired) electrons. The number of hydrogen-bond donors (Lipinski definition) is 0. The summed E-state index contributed by atoms with van der Waals surface area (Å²) in [6, 6.07) is 4.15. The van der Waals surface area contributed by atoms with Crippen LogP contribution < -0.4 is 4.90 Å². The molecular formula is C17H23N5. The van der Waals surface area contributed by atoms with Gasteiger partial charge < -0.3 is 4.90 Å². The minimum atomic E-state index is 0.972. The molecule has 2 aromatic heterocycles. The van der Waals surface area contributed by atoms with Crippen LogP contribution in [0.4, 0.5) is 5.82 Å². The molecule has 0 spiro atoms. The number of anilines is 1. The molecule has 0 unspecified atom stereocenters. The second-order valence-corrected chi connectivity index (χ2v) is 5.90. The first-order valence-corrected chi connectivity index (χ1v) is 7.89. The minimum absolute atomic E-state index is 0.972. The third-order valence-electron chi connectivity index (χ3n) is 4.07. The number of nitrogens with zero attached hydrogens (tertiary/aromatic N) is 5. The maximum atomic E-state index is 4.68. The fourth-order valence-electron chi connectivity index (χ4n) is 2.92. The fraction of sp³-hybridized carbons (Fsp3) is 0.471. The Morgan fingerprint density at radius 2 is 2.00 bits per heavy atom. The molecule has 1 aliphatic heterocycles. The Morgan fingerprint density at radius 3 is 2.82 bits per heavy atom. The highest BCUT2D eigenvalue weighted by Gasteiger charge is 2.18. The van der Waals surface area contributed by atoms with Crippen LogP contribution >= 0.6 is 0 Å². The molecule has 2 aromatic rings. The van der Waals surface area contributed by atoms with Crippen molar-refractivity contribution in [1.29, 1.82) is 0 Å². The smallest absolute Gasteiger partial charge is 0.150 e. The van der Waals surface area contributed by atoms with Gasteiger partial charge >= 0.3 is 0 Å². The van der Waals surface area contributed by atoms with Crippen LogP contribution in [0.1, 0.15) is 23.4 Å². The quantitative estimate of drug-likeness (QED) is 0.869. The monoisotopic (exact) mass is 297 g/mol. The van der Waals surface area contributed by atoms with Gasteiger partial charge in [-0.1, -0.05) is 6.07 Å². The topological polar surface area (TPSA) is 45.2 Å². The highest BCUT2D eigenvalue weighted by molar-refractivity contribution is 5.43. The van der Waals surface area contributed by atoms with E-state index in [4.69, 9.17) is 0 Å². The van der Waals surface area contributed by atoms with Crippen LogP contribution in [0.25, 0.3) is 0 Å². The van der Waals surface area contributed by atoms with Crippen LogP contribution in [0.2, 0.25) is 0 Å². The third-order valence-corrected chi connectivity index (χ3v) is 4.07. The molecule has 3 rings (SSSR count). The lowest BCUT2D eigenvalue weighted by Crippen LogP contribution is -2.31. The molecule has 0 bridgehead atoms. The summed E-state index contributed by atoms with van der Waals surface area (Å²) in [6.07, 6.45) is 6.77. The summed E-state index contributed by atoms with van der Waals surface area (Å²) in [7, 11) is 0. The molecule has 1 fully saturated rings. The van der Waals surface area contributed by atoms with Gasteiger partial charge in [0.25, 0.3) is 0 Å². The zero-order valence-corrected chi connectivity index (χ0v) is 13.4. The second kappa shape index (κ2) is 6.83. The van der Waals surface area contributed by atoms with E-state index in [-0.39, 0.29) is 0 Å². The molecule has 0 N–H and O–H groups in total. The lowest BCUT2D eigenvalue weighted by Gasteiger charge is -2.24. The van der Waals surface area contributed by atoms with E-state index in [0.29, 0.717) is 0 Å². The lowest BCUT2D eigenvalue weighted by atomic mass is 10.2. The molecule has 0 amide bonds. The van der Waals surface area contributed by atoms with Gasteiger partial charge in [0.05, 0.1) is 11.4 Å². The van der Waals surface area contributed by atoms with Crippen LogP contribution in [0.3, 0.4) is 0 Å². The predicted molar refractivity (Wildman–Crippen MR) is 87.9 cm³/mol. The molecule has 22 heavy (non-hydrogen) atoms. The van der Waals surface area contributed by atoms with Crippen LogP contribution in [0, 0.1) is 13.8 Å². The lowest BCUT2D eigenvalue weighted by molar-refractivity contribution is 0.285. The number of aromatic nitrogens is 3. The van der Waals surface area contributed by atoms with Gasteiger partial charge in [-0.15, -0.1) is 0 Å². The van der Waals surface area contributed by atoms with E-state index in [1.165, 1.54) is 5.56 Å². The van der Waals surface area contributed by atoms with Crippen LogP contribution in [0.15, 0.2) is 30.7 Å². The number of hydrogen-bond acceptors (Lipinski definition) is 5. The van der Waals surface area contributed by atoms with Crippen molar-refractivity contribution < 1.29 is 0 Å². The van der Waals surface area contributed by atoms with Crippen molar-refractivity contribution in [1.82, 2.24) is 19.9 Å². The van der Waals surface area contributed by atoms with E-state index in [0.717, 1.165) is 56.4 Å². The summed E-state index contributed by atoms with van der Waals surface area (Å²) in [6.45, 7) is 9.22. The van der Waals surface area contributed by atoms with Gasteiger partial charge in [-0.2, -0.15) is 0 Å². The van der Waals surface area contributed by atoms with Gasteiger partial charge in [0.2, 0.25) is 0 Å². The SMILES string of the molecule is Cc1cnc(C)c(N2CCCN(Cc3cccnc3)CC2)n1. The van der Waals surface area contributed by atoms with E-state index in [1.807, 2.05) is 38.5 Å². The first-order valence-electron chi connectivity index (χ1n) is 7.89. The Kier molecular flexibility index (Phi) is 4.63. The summed E-state index contributed by atoms with van der Waals surface area (Å²) >= 11 is 0. The largest absolute Gasteiger partial charge is 0.354 e. The van der Waals surface area contributed by atoms with Crippen molar-refractivity contribution in [2.75, 3.05) is 31.1 Å². The van der Waals surface area contributed by atoms with Crippen molar-refractivity contribution in [3.8, 4) is 0 Å². The fourth-order valence-corrected chi connectivity index (χ4v) is 2.92. The second-order valence-electron chi connectivity index (χ2n) is 5.90. The summed E-state index contributed by atoms with van der Waals surface area (Å²) < 4.78 is 0. The summed E-state index contributed by atoms with van der Waals surface area (Å²) in [5.74, 6) is 1.04. The van der Waals surface area contributed by atoms with Crippen LogP contribution in [0.5, 0.6) is 0 Å². The Hall–Kier alpha value is -2.01. The van der Waals surface area contributed by atoms with Gasteiger partial charge in [0, 0.05) is 51.3 Å². The van der Waals surface area contributed by atoms with Gasteiger partial charge in [-0.3, -0.25) is 14.9 Å². The molecule has 0 saturated carbocycles. The van der Waals surface area contributed by atoms with Crippen molar-refractivity contribution in [2.24, 2.45) is 0 Å². The average molecular weight is 297 g/mol. The molecule has 0 atom stereocenters. The minimum Gasteiger partial charge on any atom is -0.354 e. The molecule has 0 aliphatic carbocycles. The average Bonchev–Trinajstić information content (AvgIpc) is 2.76. The van der Waals surface area contributed by atoms with Gasteiger partial charge in [0.15, 0.2) is 0 Å². The maximum absolute atomic E-state index is 4.68. The standard InChI is InChI=1S/C17H23N5/c1-14-11-19-15(2)17(20-14)22-8-4-7-21(9-10-22)13-16-5-3-6-18-12-16/h3,5-6,11-12H,4,7-10,13H2,1-2H3. The normalized spacial score (nSPS) is 16.5. The first-order chi connectivity index (χ1) is 10.7. The Labute approximate surface area is 132 Å². The van der Waals surface area contributed by atoms with E-state index >= 15 is 0 Å². The highest BCUT2D eigenvalue weighted by atomic mass is 15.3. The summed E-state index contributed by atoms with van der Waals surface area (Å²) in [4.78, 5) is 18.2. The predicted octanol–water partition coefficient (Wildman–Crippen LogP) is 2.20. The zero-order chi connectivity index (χ0) is 15.4. The molecule has 5 nitrogen and oxygen atoms in total. The molecule has 5 heteroatoms. The number of rotatable bonds is 3. The number of pyridine rings is 1. The molecule has 1 aliphatic rings. The van der Waals surface area contributed by atoms with Crippen molar-refractivity contribution in [3.05, 3.63) is 47.7 Å². The third kappa shape index (κ3) is 3.60.